The average molecular weight is 305 g/mol. The van der Waals surface area contributed by atoms with E-state index in [4.69, 9.17) is 0 Å². The van der Waals surface area contributed by atoms with Crippen molar-refractivity contribution in [2.24, 2.45) is 0 Å². The molecule has 20 heavy (non-hydrogen) atoms. The summed E-state index contributed by atoms with van der Waals surface area (Å²) in [6, 6.07) is 0. The Bertz CT molecular complexity index is 675. The number of nitrogens with zero attached hydrogens (tertiary/aromatic N) is 1. The monoisotopic (exact) mass is 305 g/mol. The largest absolute Gasteiger partial charge is 0.390 e. The Hall–Kier alpha value is -1.41. The molecule has 8 heteroatoms. The number of aromatic amines is 1. The molecule has 0 radical (unpaired) electrons. The highest BCUT2D eigenvalue weighted by atomic mass is 32.1. The van der Waals surface area contributed by atoms with Crippen LogP contribution >= 0.6 is 11.3 Å². The second kappa shape index (κ2) is 5.53. The third-order valence-corrected chi connectivity index (χ3v) is 4.07. The minimum Gasteiger partial charge on any atom is -0.310 e. The molecular weight excluding hydrogens is 291 g/mol. The number of halogens is 3. The molecule has 110 valence electrons. The lowest BCUT2D eigenvalue weighted by molar-refractivity contribution is -0.133. The fourth-order valence-corrected chi connectivity index (χ4v) is 2.87. The van der Waals surface area contributed by atoms with Crippen LogP contribution < -0.4 is 10.9 Å². The van der Waals surface area contributed by atoms with E-state index in [1.165, 1.54) is 11.3 Å². The first-order valence-corrected chi connectivity index (χ1v) is 6.86. The summed E-state index contributed by atoms with van der Waals surface area (Å²) in [5, 5.41) is 3.19. The zero-order valence-corrected chi connectivity index (χ0v) is 11.8. The molecule has 0 atom stereocenters. The summed E-state index contributed by atoms with van der Waals surface area (Å²) in [5.41, 5.74) is 0.653. The molecular formula is C12H14F3N3OS. The van der Waals surface area contributed by atoms with Gasteiger partial charge >= 0.3 is 6.18 Å². The van der Waals surface area contributed by atoms with E-state index in [9.17, 15) is 18.0 Å². The van der Waals surface area contributed by atoms with Crippen LogP contribution in [-0.2, 0) is 6.54 Å². The van der Waals surface area contributed by atoms with E-state index in [2.05, 4.69) is 15.3 Å². The molecule has 0 aliphatic carbocycles. The zero-order valence-electron chi connectivity index (χ0n) is 11.0. The molecule has 2 aromatic rings. The van der Waals surface area contributed by atoms with Crippen molar-refractivity contribution in [2.75, 3.05) is 6.54 Å². The second-order valence-corrected chi connectivity index (χ2v) is 5.72. The summed E-state index contributed by atoms with van der Waals surface area (Å²) in [6.07, 6.45) is -5.09. The van der Waals surface area contributed by atoms with Gasteiger partial charge < -0.3 is 10.3 Å². The van der Waals surface area contributed by atoms with Gasteiger partial charge in [-0.2, -0.15) is 13.2 Å². The van der Waals surface area contributed by atoms with Gasteiger partial charge in [-0.1, -0.05) is 0 Å². The Morgan fingerprint density at radius 3 is 2.70 bits per heavy atom. The van der Waals surface area contributed by atoms with Crippen molar-refractivity contribution >= 4 is 21.6 Å². The number of aromatic nitrogens is 2. The topological polar surface area (TPSA) is 57.8 Å². The lowest BCUT2D eigenvalue weighted by atomic mass is 10.2. The van der Waals surface area contributed by atoms with E-state index in [0.29, 0.717) is 16.0 Å². The van der Waals surface area contributed by atoms with Gasteiger partial charge in [0.05, 0.1) is 18.4 Å². The Morgan fingerprint density at radius 2 is 2.05 bits per heavy atom. The Labute approximate surface area is 117 Å². The smallest absolute Gasteiger partial charge is 0.310 e. The summed E-state index contributed by atoms with van der Waals surface area (Å²) in [5.74, 6) is 0.353. The maximum atomic E-state index is 12.0. The molecule has 2 N–H and O–H groups in total. The molecule has 2 heterocycles. The third-order valence-electron chi connectivity index (χ3n) is 2.97. The van der Waals surface area contributed by atoms with Crippen molar-refractivity contribution in [3.05, 3.63) is 26.6 Å². The number of H-pyrrole nitrogens is 1. The number of alkyl halides is 3. The van der Waals surface area contributed by atoms with Gasteiger partial charge in [-0.3, -0.25) is 4.79 Å². The van der Waals surface area contributed by atoms with Gasteiger partial charge in [-0.05, 0) is 19.4 Å². The standard InChI is InChI=1S/C12H14F3N3OS/c1-6-7(2)20-11-9(6)10(19)17-8(18-11)5-16-4-3-12(13,14)15/h16H,3-5H2,1-2H3,(H,17,18,19). The number of hydrogen-bond acceptors (Lipinski definition) is 4. The minimum absolute atomic E-state index is 0.108. The SMILES string of the molecule is Cc1sc2nc(CNCCC(F)(F)F)[nH]c(=O)c2c1C. The van der Waals surface area contributed by atoms with Crippen LogP contribution in [0.2, 0.25) is 0 Å². The molecule has 0 spiro atoms. The Morgan fingerprint density at radius 1 is 1.35 bits per heavy atom. The fraction of sp³-hybridized carbons (Fsp3) is 0.500. The molecule has 0 fully saturated rings. The molecule has 4 nitrogen and oxygen atoms in total. The molecule has 0 bridgehead atoms. The number of hydrogen-bond donors (Lipinski definition) is 2. The van der Waals surface area contributed by atoms with E-state index in [1.807, 2.05) is 13.8 Å². The lowest BCUT2D eigenvalue weighted by Crippen LogP contribution is -2.23. The highest BCUT2D eigenvalue weighted by Gasteiger charge is 2.25. The molecule has 0 aliphatic heterocycles. The van der Waals surface area contributed by atoms with Gasteiger partial charge in [0.25, 0.3) is 5.56 Å². The van der Waals surface area contributed by atoms with E-state index in [0.717, 1.165) is 10.4 Å². The number of rotatable bonds is 4. The molecule has 0 amide bonds. The van der Waals surface area contributed by atoms with Crippen LogP contribution in [0.1, 0.15) is 22.7 Å². The maximum absolute atomic E-state index is 12.0. The number of thiophene rings is 1. The summed E-state index contributed by atoms with van der Waals surface area (Å²) < 4.78 is 36.0. The predicted molar refractivity (Wildman–Crippen MR) is 72.1 cm³/mol. The Kier molecular flexibility index (Phi) is 4.14. The zero-order chi connectivity index (χ0) is 14.9. The van der Waals surface area contributed by atoms with Gasteiger partial charge in [0.15, 0.2) is 0 Å². The highest BCUT2D eigenvalue weighted by molar-refractivity contribution is 7.18. The third kappa shape index (κ3) is 3.37. The first-order valence-electron chi connectivity index (χ1n) is 6.04. The first-order chi connectivity index (χ1) is 9.28. The van der Waals surface area contributed by atoms with Gasteiger partial charge in [0, 0.05) is 11.4 Å². The van der Waals surface area contributed by atoms with Crippen molar-refractivity contribution in [3.63, 3.8) is 0 Å². The average Bonchev–Trinajstić information content (AvgIpc) is 2.60. The predicted octanol–water partition coefficient (Wildman–Crippen LogP) is 2.64. The number of nitrogens with one attached hydrogen (secondary N) is 2. The van der Waals surface area contributed by atoms with Crippen LogP contribution in [0.5, 0.6) is 0 Å². The molecule has 0 aliphatic rings. The van der Waals surface area contributed by atoms with Gasteiger partial charge in [0.1, 0.15) is 10.7 Å². The molecule has 0 saturated carbocycles. The van der Waals surface area contributed by atoms with Crippen LogP contribution in [0, 0.1) is 13.8 Å². The van der Waals surface area contributed by atoms with Crippen LogP contribution in [0.3, 0.4) is 0 Å². The summed E-state index contributed by atoms with van der Waals surface area (Å²) in [6.45, 7) is 3.67. The molecule has 2 rings (SSSR count). The van der Waals surface area contributed by atoms with Gasteiger partial charge in [-0.25, -0.2) is 4.98 Å². The highest BCUT2D eigenvalue weighted by Crippen LogP contribution is 2.25. The summed E-state index contributed by atoms with van der Waals surface area (Å²) >= 11 is 1.41. The van der Waals surface area contributed by atoms with Crippen LogP contribution in [0.25, 0.3) is 10.2 Å². The normalized spacial score (nSPS) is 12.2. The lowest BCUT2D eigenvalue weighted by Gasteiger charge is -2.07. The maximum Gasteiger partial charge on any atom is 0.390 e. The van der Waals surface area contributed by atoms with Gasteiger partial charge in [0.2, 0.25) is 0 Å². The van der Waals surface area contributed by atoms with Crippen molar-refractivity contribution in [2.45, 2.75) is 33.0 Å². The number of fused-ring (bicyclic) bond motifs is 1. The quantitative estimate of drug-likeness (QED) is 0.854. The Balaban J connectivity index is 2.10. The summed E-state index contributed by atoms with van der Waals surface area (Å²) in [7, 11) is 0. The van der Waals surface area contributed by atoms with Crippen molar-refractivity contribution in [1.29, 1.82) is 0 Å². The molecule has 0 unspecified atom stereocenters. The molecule has 0 aromatic carbocycles. The van der Waals surface area contributed by atoms with Crippen LogP contribution in [0.15, 0.2) is 4.79 Å². The van der Waals surface area contributed by atoms with Gasteiger partial charge in [-0.15, -0.1) is 11.3 Å². The van der Waals surface area contributed by atoms with Crippen molar-refractivity contribution in [1.82, 2.24) is 15.3 Å². The van der Waals surface area contributed by atoms with Crippen molar-refractivity contribution in [3.8, 4) is 0 Å². The van der Waals surface area contributed by atoms with E-state index < -0.39 is 12.6 Å². The summed E-state index contributed by atoms with van der Waals surface area (Å²) in [4.78, 5) is 20.4. The van der Waals surface area contributed by atoms with Crippen molar-refractivity contribution < 1.29 is 13.2 Å². The van der Waals surface area contributed by atoms with Crippen LogP contribution in [0.4, 0.5) is 13.2 Å². The minimum atomic E-state index is -4.18. The molecule has 0 saturated heterocycles. The second-order valence-electron chi connectivity index (χ2n) is 4.52. The van der Waals surface area contributed by atoms with E-state index >= 15 is 0 Å². The number of aryl methyl sites for hydroxylation is 2. The van der Waals surface area contributed by atoms with E-state index in [1.54, 1.807) is 0 Å². The first kappa shape index (κ1) is 15.0. The van der Waals surface area contributed by atoms with E-state index in [-0.39, 0.29) is 18.6 Å². The molecule has 2 aromatic heterocycles. The fourth-order valence-electron chi connectivity index (χ4n) is 1.82. The van der Waals surface area contributed by atoms with Crippen LogP contribution in [-0.4, -0.2) is 22.7 Å².